The number of hydrogen-bond acceptors (Lipinski definition) is 10. The molecule has 3 aromatic rings. The zero-order valence-electron chi connectivity index (χ0n) is 31.0. The second-order valence-electron chi connectivity index (χ2n) is 13.0. The van der Waals surface area contributed by atoms with Crippen molar-refractivity contribution in [3.63, 3.8) is 0 Å². The molecule has 2 bridgehead atoms. The summed E-state index contributed by atoms with van der Waals surface area (Å²) in [5.41, 5.74) is 0.656. The van der Waals surface area contributed by atoms with Crippen LogP contribution in [0.2, 0.25) is 5.02 Å². The molecule has 0 spiro atoms. The summed E-state index contributed by atoms with van der Waals surface area (Å²) in [6, 6.07) is 9.61. The largest absolute Gasteiger partial charge is 0.496 e. The van der Waals surface area contributed by atoms with Crippen molar-refractivity contribution in [1.82, 2.24) is 25.6 Å². The molecule has 3 aromatic carbocycles. The van der Waals surface area contributed by atoms with Crippen LogP contribution in [0.4, 0.5) is 4.39 Å². The maximum Gasteiger partial charge on any atom is 0.251 e. The average molecular weight is 806 g/mol. The molecule has 3 atom stereocenters. The number of rotatable bonds is 6. The van der Waals surface area contributed by atoms with E-state index >= 15 is 0 Å². The van der Waals surface area contributed by atoms with Gasteiger partial charge in [-0.2, -0.15) is 4.31 Å². The van der Waals surface area contributed by atoms with E-state index in [2.05, 4.69) is 21.3 Å². The predicted molar refractivity (Wildman–Crippen MR) is 200 cm³/mol. The smallest absolute Gasteiger partial charge is 0.251 e. The topological polar surface area (TPSA) is 202 Å². The van der Waals surface area contributed by atoms with E-state index < -0.39 is 75.1 Å². The Balaban J connectivity index is 1.72. The summed E-state index contributed by atoms with van der Waals surface area (Å²) in [7, 11) is -1.58. The minimum atomic E-state index is -4.46. The Morgan fingerprint density at radius 2 is 1.62 bits per heavy atom. The zero-order valence-corrected chi connectivity index (χ0v) is 32.6. The molecular weight excluding hydrogens is 761 g/mol. The SMILES string of the molecule is COc1ccc2cc1Oc1cccc(OC)c1CNC(=O)[C@@H](C(C)C)NC(=O)[C@H]([C@@H](C)O)NC(=O)CN(S(=O)(=O)c1ccc(F)c(Cl)c1)CCCCNC2=O. The van der Waals surface area contributed by atoms with Crippen molar-refractivity contribution < 1.29 is 51.3 Å². The summed E-state index contributed by atoms with van der Waals surface area (Å²) < 4.78 is 59.5. The van der Waals surface area contributed by atoms with Crippen molar-refractivity contribution in [2.75, 3.05) is 33.9 Å². The molecule has 4 rings (SSSR count). The van der Waals surface area contributed by atoms with Gasteiger partial charge in [-0.3, -0.25) is 19.2 Å². The van der Waals surface area contributed by atoms with Gasteiger partial charge in [0.05, 0.1) is 48.9 Å². The lowest BCUT2D eigenvalue weighted by Gasteiger charge is -2.28. The monoisotopic (exact) mass is 805 g/mol. The number of aliphatic hydroxyl groups is 1. The van der Waals surface area contributed by atoms with Crippen LogP contribution in [0.5, 0.6) is 23.0 Å². The van der Waals surface area contributed by atoms with E-state index in [4.69, 9.17) is 25.8 Å². The molecule has 15 nitrogen and oxygen atoms in total. The first-order valence-electron chi connectivity index (χ1n) is 17.4. The molecule has 0 saturated heterocycles. The van der Waals surface area contributed by atoms with Gasteiger partial charge in [0.15, 0.2) is 11.5 Å². The number of nitrogens with zero attached hydrogens (tertiary/aromatic N) is 1. The van der Waals surface area contributed by atoms with Crippen molar-refractivity contribution in [2.45, 2.75) is 63.2 Å². The van der Waals surface area contributed by atoms with Crippen LogP contribution in [-0.2, 0) is 31.0 Å². The quantitative estimate of drug-likeness (QED) is 0.247. The Hall–Kier alpha value is -4.97. The summed E-state index contributed by atoms with van der Waals surface area (Å²) in [4.78, 5) is 53.4. The van der Waals surface area contributed by atoms with Crippen LogP contribution < -0.4 is 35.5 Å². The number of benzene rings is 3. The number of amides is 4. The lowest BCUT2D eigenvalue weighted by atomic mass is 10.0. The van der Waals surface area contributed by atoms with Crippen LogP contribution >= 0.6 is 11.6 Å². The number of sulfonamides is 1. The molecule has 4 amide bonds. The number of nitrogens with one attached hydrogen (secondary N) is 4. The van der Waals surface area contributed by atoms with Crippen LogP contribution in [0.25, 0.3) is 0 Å². The van der Waals surface area contributed by atoms with Gasteiger partial charge in [0.25, 0.3) is 5.91 Å². The Labute approximate surface area is 323 Å². The Morgan fingerprint density at radius 3 is 2.27 bits per heavy atom. The fourth-order valence-corrected chi connectivity index (χ4v) is 7.37. The highest BCUT2D eigenvalue weighted by Gasteiger charge is 2.34. The van der Waals surface area contributed by atoms with E-state index in [0.717, 1.165) is 22.5 Å². The van der Waals surface area contributed by atoms with Crippen molar-refractivity contribution >= 4 is 45.3 Å². The number of hydrogen-bond donors (Lipinski definition) is 5. The lowest BCUT2D eigenvalue weighted by molar-refractivity contribution is -0.135. The Bertz CT molecular complexity index is 2000. The highest BCUT2D eigenvalue weighted by Crippen LogP contribution is 2.37. The molecule has 0 fully saturated rings. The number of halogens is 2. The first-order valence-corrected chi connectivity index (χ1v) is 19.2. The van der Waals surface area contributed by atoms with E-state index in [1.165, 1.54) is 33.3 Å². The third kappa shape index (κ3) is 10.8. The van der Waals surface area contributed by atoms with E-state index in [1.54, 1.807) is 38.1 Å². The fraction of sp³-hybridized carbons (Fsp3) is 0.405. The fourth-order valence-electron chi connectivity index (χ4n) is 5.66. The third-order valence-corrected chi connectivity index (χ3v) is 10.8. The minimum absolute atomic E-state index is 0.116. The minimum Gasteiger partial charge on any atom is -0.496 e. The number of aliphatic hydroxyl groups excluding tert-OH is 1. The molecule has 0 radical (unpaired) electrons. The van der Waals surface area contributed by atoms with Crippen molar-refractivity contribution in [3.05, 3.63) is 76.6 Å². The van der Waals surface area contributed by atoms with Gasteiger partial charge in [-0.15, -0.1) is 0 Å². The maximum atomic E-state index is 13.9. The number of fused-ring (bicyclic) bond motifs is 3. The molecule has 0 aliphatic carbocycles. The predicted octanol–water partition coefficient (Wildman–Crippen LogP) is 3.13. The first kappa shape index (κ1) is 42.8. The van der Waals surface area contributed by atoms with E-state index in [-0.39, 0.29) is 54.4 Å². The number of carbonyl (C=O) groups excluding carboxylic acids is 4. The molecule has 0 unspecified atom stereocenters. The van der Waals surface area contributed by atoms with Crippen LogP contribution in [0.1, 0.15) is 49.5 Å². The van der Waals surface area contributed by atoms with Gasteiger partial charge in [0.1, 0.15) is 29.4 Å². The molecule has 1 aliphatic rings. The van der Waals surface area contributed by atoms with Gasteiger partial charge in [-0.05, 0) is 74.2 Å². The molecule has 1 heterocycles. The van der Waals surface area contributed by atoms with E-state index in [9.17, 15) is 37.1 Å². The molecule has 0 aromatic heterocycles. The lowest BCUT2D eigenvalue weighted by Crippen LogP contribution is -2.59. The van der Waals surface area contributed by atoms with Crippen LogP contribution in [0.15, 0.2) is 59.5 Å². The highest BCUT2D eigenvalue weighted by molar-refractivity contribution is 7.89. The van der Waals surface area contributed by atoms with E-state index in [1.807, 2.05) is 0 Å². The average Bonchev–Trinajstić information content (AvgIpc) is 3.14. The molecule has 18 heteroatoms. The van der Waals surface area contributed by atoms with Gasteiger partial charge in [0, 0.05) is 18.7 Å². The first-order chi connectivity index (χ1) is 26.1. The molecule has 298 valence electrons. The van der Waals surface area contributed by atoms with Gasteiger partial charge in [-0.1, -0.05) is 31.5 Å². The van der Waals surface area contributed by atoms with Gasteiger partial charge >= 0.3 is 0 Å². The van der Waals surface area contributed by atoms with Gasteiger partial charge in [-0.25, -0.2) is 12.8 Å². The van der Waals surface area contributed by atoms with Gasteiger partial charge < -0.3 is 40.6 Å². The summed E-state index contributed by atoms with van der Waals surface area (Å²) in [5, 5.41) is 20.6. The van der Waals surface area contributed by atoms with Gasteiger partial charge in [0.2, 0.25) is 27.7 Å². The number of ether oxygens (including phenoxy) is 3. The summed E-state index contributed by atoms with van der Waals surface area (Å²) in [5.74, 6) is -3.11. The summed E-state index contributed by atoms with van der Waals surface area (Å²) >= 11 is 5.88. The van der Waals surface area contributed by atoms with Crippen LogP contribution in [-0.4, -0.2) is 93.5 Å². The standard InChI is InChI=1S/C37H45ClFN5O10S/c1-21(2)33-36(48)41-19-25-28(52-4)9-8-10-29(25)54-31-17-23(11-14-30(31)53-5)35(47)40-15-6-7-16-44(20-32(46)42-34(22(3)45)37(49)43-33)55(50,51)24-12-13-27(39)26(38)18-24/h8-14,17-18,21-22,33-34,45H,6-7,15-16,19-20H2,1-5H3,(H,40,47)(H,41,48)(H,42,46)(H,43,49)/t22-,33-,34+/m1/s1. The highest BCUT2D eigenvalue weighted by atomic mass is 35.5. The summed E-state index contributed by atoms with van der Waals surface area (Å²) in [6.45, 7) is 3.58. The normalized spacial score (nSPS) is 19.1. The second-order valence-corrected chi connectivity index (χ2v) is 15.4. The molecule has 0 saturated carbocycles. The zero-order chi connectivity index (χ0) is 40.4. The molecule has 1 aliphatic heterocycles. The van der Waals surface area contributed by atoms with E-state index in [0.29, 0.717) is 17.1 Å². The molecular formula is C37H45ClFN5O10S. The molecule has 5 N–H and O–H groups in total. The third-order valence-electron chi connectivity index (χ3n) is 8.69. The van der Waals surface area contributed by atoms with Crippen LogP contribution in [0.3, 0.4) is 0 Å². The van der Waals surface area contributed by atoms with Crippen LogP contribution in [0, 0.1) is 11.7 Å². The Morgan fingerprint density at radius 1 is 0.891 bits per heavy atom. The number of methoxy groups -OCH3 is 2. The second kappa shape index (κ2) is 19.1. The van der Waals surface area contributed by atoms with Crippen molar-refractivity contribution in [2.24, 2.45) is 5.92 Å². The number of carbonyl (C=O) groups is 4. The van der Waals surface area contributed by atoms with Crippen molar-refractivity contribution in [1.29, 1.82) is 0 Å². The summed E-state index contributed by atoms with van der Waals surface area (Å²) in [6.07, 6.45) is -1.04. The van der Waals surface area contributed by atoms with Crippen molar-refractivity contribution in [3.8, 4) is 23.0 Å². The molecule has 55 heavy (non-hydrogen) atoms. The Kier molecular flexibility index (Phi) is 14.8. The maximum absolute atomic E-state index is 13.9.